The first-order valence-electron chi connectivity index (χ1n) is 8.85. The van der Waals surface area contributed by atoms with Gasteiger partial charge in [-0.1, -0.05) is 19.1 Å². The molecule has 1 aliphatic heterocycles. The van der Waals surface area contributed by atoms with Gasteiger partial charge in [-0.2, -0.15) is 0 Å². The number of nitrogens with one attached hydrogen (secondary N) is 2. The van der Waals surface area contributed by atoms with Gasteiger partial charge >= 0.3 is 5.69 Å². The maximum atomic E-state index is 11.6. The second-order valence-corrected chi connectivity index (χ2v) is 6.55. The van der Waals surface area contributed by atoms with Gasteiger partial charge in [0.25, 0.3) is 0 Å². The minimum Gasteiger partial charge on any atom is -0.367 e. The number of nitrogens with zero attached hydrogens (tertiary/aromatic N) is 3. The molecule has 2 aromatic heterocycles. The number of pyridine rings is 1. The van der Waals surface area contributed by atoms with Crippen LogP contribution in [0, 0.1) is 0 Å². The number of para-hydroxylation sites is 1. The number of aromatic nitrogens is 3. The third-order valence-corrected chi connectivity index (χ3v) is 4.92. The van der Waals surface area contributed by atoms with E-state index in [-0.39, 0.29) is 5.69 Å². The summed E-state index contributed by atoms with van der Waals surface area (Å²) >= 11 is 0. The first-order valence-corrected chi connectivity index (χ1v) is 8.85. The lowest BCUT2D eigenvalue weighted by Crippen LogP contribution is -2.46. The van der Waals surface area contributed by atoms with E-state index in [4.69, 9.17) is 0 Å². The molecule has 6 heteroatoms. The van der Waals surface area contributed by atoms with Crippen molar-refractivity contribution < 1.29 is 0 Å². The van der Waals surface area contributed by atoms with Crippen molar-refractivity contribution in [1.29, 1.82) is 0 Å². The number of piperazine rings is 1. The lowest BCUT2D eigenvalue weighted by molar-refractivity contribution is 0.247. The molecule has 0 unspecified atom stereocenters. The third kappa shape index (κ3) is 3.30. The molecule has 6 nitrogen and oxygen atoms in total. The molecule has 25 heavy (non-hydrogen) atoms. The van der Waals surface area contributed by atoms with Gasteiger partial charge in [-0.15, -0.1) is 0 Å². The van der Waals surface area contributed by atoms with Gasteiger partial charge in [0.2, 0.25) is 0 Å². The van der Waals surface area contributed by atoms with E-state index >= 15 is 0 Å². The minimum absolute atomic E-state index is 0.150. The van der Waals surface area contributed by atoms with Crippen molar-refractivity contribution in [1.82, 2.24) is 19.9 Å². The van der Waals surface area contributed by atoms with Gasteiger partial charge in [0, 0.05) is 38.9 Å². The second-order valence-electron chi connectivity index (χ2n) is 6.55. The highest BCUT2D eigenvalue weighted by Crippen LogP contribution is 2.24. The van der Waals surface area contributed by atoms with E-state index in [1.54, 1.807) is 0 Å². The van der Waals surface area contributed by atoms with Crippen LogP contribution in [0.4, 0.5) is 5.69 Å². The fourth-order valence-corrected chi connectivity index (χ4v) is 3.44. The molecule has 3 aromatic rings. The van der Waals surface area contributed by atoms with Gasteiger partial charge in [-0.25, -0.2) is 4.79 Å². The zero-order chi connectivity index (χ0) is 17.2. The average molecular weight is 337 g/mol. The summed E-state index contributed by atoms with van der Waals surface area (Å²) in [6, 6.07) is 10.3. The maximum absolute atomic E-state index is 11.6. The summed E-state index contributed by atoms with van der Waals surface area (Å²) in [7, 11) is 0. The number of aryl methyl sites for hydroxylation is 1. The Morgan fingerprint density at radius 3 is 2.64 bits per heavy atom. The van der Waals surface area contributed by atoms with Crippen LogP contribution in [0.1, 0.15) is 18.2 Å². The van der Waals surface area contributed by atoms with Gasteiger partial charge in [-0.05, 0) is 30.2 Å². The summed E-state index contributed by atoms with van der Waals surface area (Å²) in [6.45, 7) is 6.90. The standard InChI is InChI=1S/C19H23N5O/c1-2-14-6-7-15(20-12-14)13-23-8-10-24(11-9-23)17-5-3-4-16-18(17)22-19(25)21-16/h3-7,12H,2,8-11,13H2,1H3,(H2,21,22,25). The number of H-pyrrole nitrogens is 2. The average Bonchev–Trinajstić information content (AvgIpc) is 3.03. The SMILES string of the molecule is CCc1ccc(CN2CCN(c3cccc4[nH]c(=O)[nH]c34)CC2)nc1. The molecule has 0 amide bonds. The molecule has 130 valence electrons. The molecule has 0 radical (unpaired) electrons. The van der Waals surface area contributed by atoms with Crippen molar-refractivity contribution in [2.24, 2.45) is 0 Å². The fraction of sp³-hybridized carbons (Fsp3) is 0.368. The van der Waals surface area contributed by atoms with Crippen LogP contribution >= 0.6 is 0 Å². The first kappa shape index (κ1) is 15.9. The van der Waals surface area contributed by atoms with Crippen molar-refractivity contribution in [2.75, 3.05) is 31.1 Å². The monoisotopic (exact) mass is 337 g/mol. The van der Waals surface area contributed by atoms with Crippen LogP contribution in [0.5, 0.6) is 0 Å². The number of anilines is 1. The second kappa shape index (κ2) is 6.72. The molecule has 3 heterocycles. The van der Waals surface area contributed by atoms with Crippen molar-refractivity contribution in [3.8, 4) is 0 Å². The Morgan fingerprint density at radius 1 is 1.08 bits per heavy atom. The number of imidazole rings is 1. The Balaban J connectivity index is 1.43. The Hall–Kier alpha value is -2.60. The molecule has 1 saturated heterocycles. The Kier molecular flexibility index (Phi) is 4.28. The van der Waals surface area contributed by atoms with Crippen LogP contribution in [0.15, 0.2) is 41.3 Å². The zero-order valence-electron chi connectivity index (χ0n) is 14.5. The number of fused-ring (bicyclic) bond motifs is 1. The van der Waals surface area contributed by atoms with Crippen LogP contribution < -0.4 is 10.6 Å². The van der Waals surface area contributed by atoms with Gasteiger partial charge in [0.15, 0.2) is 0 Å². The summed E-state index contributed by atoms with van der Waals surface area (Å²) in [5, 5.41) is 0. The molecular weight excluding hydrogens is 314 g/mol. The topological polar surface area (TPSA) is 68.0 Å². The highest BCUT2D eigenvalue weighted by molar-refractivity contribution is 5.88. The fourth-order valence-electron chi connectivity index (χ4n) is 3.44. The Labute approximate surface area is 146 Å². The van der Waals surface area contributed by atoms with E-state index in [1.807, 2.05) is 18.3 Å². The number of rotatable bonds is 4. The van der Waals surface area contributed by atoms with Crippen molar-refractivity contribution >= 4 is 16.7 Å². The predicted molar refractivity (Wildman–Crippen MR) is 100 cm³/mol. The van der Waals surface area contributed by atoms with E-state index < -0.39 is 0 Å². The normalized spacial score (nSPS) is 15.8. The predicted octanol–water partition coefficient (Wildman–Crippen LogP) is 2.14. The van der Waals surface area contributed by atoms with E-state index in [9.17, 15) is 4.79 Å². The molecule has 0 spiro atoms. The van der Waals surface area contributed by atoms with Crippen molar-refractivity contribution in [3.05, 3.63) is 58.3 Å². The quantitative estimate of drug-likeness (QED) is 0.765. The molecule has 4 rings (SSSR count). The molecule has 0 bridgehead atoms. The highest BCUT2D eigenvalue weighted by atomic mass is 16.1. The molecule has 0 saturated carbocycles. The number of hydrogen-bond acceptors (Lipinski definition) is 4. The minimum atomic E-state index is -0.150. The maximum Gasteiger partial charge on any atom is 0.323 e. The van der Waals surface area contributed by atoms with Crippen LogP contribution in [0.3, 0.4) is 0 Å². The summed E-state index contributed by atoms with van der Waals surface area (Å²) in [4.78, 5) is 26.7. The number of benzene rings is 1. The van der Waals surface area contributed by atoms with Gasteiger partial charge in [0.1, 0.15) is 0 Å². The lowest BCUT2D eigenvalue weighted by Gasteiger charge is -2.36. The van der Waals surface area contributed by atoms with Crippen molar-refractivity contribution in [2.45, 2.75) is 19.9 Å². The lowest BCUT2D eigenvalue weighted by atomic mass is 10.2. The van der Waals surface area contributed by atoms with Crippen LogP contribution in [-0.4, -0.2) is 46.0 Å². The van der Waals surface area contributed by atoms with Gasteiger partial charge in [-0.3, -0.25) is 9.88 Å². The molecular formula is C19H23N5O. The summed E-state index contributed by atoms with van der Waals surface area (Å²) in [5.74, 6) is 0. The van der Waals surface area contributed by atoms with E-state index in [2.05, 4.69) is 49.9 Å². The van der Waals surface area contributed by atoms with Gasteiger partial charge in [0.05, 0.1) is 22.4 Å². The van der Waals surface area contributed by atoms with Crippen LogP contribution in [0.25, 0.3) is 11.0 Å². The Morgan fingerprint density at radius 2 is 1.92 bits per heavy atom. The van der Waals surface area contributed by atoms with Crippen LogP contribution in [0.2, 0.25) is 0 Å². The van der Waals surface area contributed by atoms with Gasteiger partial charge < -0.3 is 14.9 Å². The first-order chi connectivity index (χ1) is 12.2. The molecule has 0 aliphatic carbocycles. The van der Waals surface area contributed by atoms with E-state index in [1.165, 1.54) is 5.56 Å². The molecule has 1 aliphatic rings. The smallest absolute Gasteiger partial charge is 0.323 e. The van der Waals surface area contributed by atoms with E-state index in [0.717, 1.165) is 61.6 Å². The largest absolute Gasteiger partial charge is 0.367 e. The van der Waals surface area contributed by atoms with Crippen molar-refractivity contribution in [3.63, 3.8) is 0 Å². The Bertz CT molecular complexity index is 903. The molecule has 1 aromatic carbocycles. The summed E-state index contributed by atoms with van der Waals surface area (Å²) in [6.07, 6.45) is 3.01. The van der Waals surface area contributed by atoms with Crippen LogP contribution in [-0.2, 0) is 13.0 Å². The highest BCUT2D eigenvalue weighted by Gasteiger charge is 2.19. The zero-order valence-corrected chi connectivity index (χ0v) is 14.5. The summed E-state index contributed by atoms with van der Waals surface area (Å²) < 4.78 is 0. The number of aromatic amines is 2. The molecule has 2 N–H and O–H groups in total. The third-order valence-electron chi connectivity index (χ3n) is 4.92. The molecule has 1 fully saturated rings. The number of hydrogen-bond donors (Lipinski definition) is 2. The molecule has 0 atom stereocenters. The van der Waals surface area contributed by atoms with E-state index in [0.29, 0.717) is 0 Å². The summed E-state index contributed by atoms with van der Waals surface area (Å²) in [5.41, 5.74) is 5.12.